The van der Waals surface area contributed by atoms with Crippen LogP contribution in [0.25, 0.3) is 0 Å². The van der Waals surface area contributed by atoms with E-state index in [9.17, 15) is 4.79 Å². The van der Waals surface area contributed by atoms with Crippen LogP contribution in [0.3, 0.4) is 0 Å². The fourth-order valence-electron chi connectivity index (χ4n) is 3.78. The molecule has 0 unspecified atom stereocenters. The summed E-state index contributed by atoms with van der Waals surface area (Å²) in [6.45, 7) is 3.50. The van der Waals surface area contributed by atoms with Gasteiger partial charge in [0.25, 0.3) is 0 Å². The van der Waals surface area contributed by atoms with Gasteiger partial charge in [-0.1, -0.05) is 6.07 Å². The largest absolute Gasteiger partial charge is 0.377 e. The lowest BCUT2D eigenvalue weighted by atomic mass is 9.73. The Kier molecular flexibility index (Phi) is 5.81. The molecule has 24 heavy (non-hydrogen) atoms. The first-order valence-corrected chi connectivity index (χ1v) is 8.58. The summed E-state index contributed by atoms with van der Waals surface area (Å²) in [6, 6.07) is 3.92. The van der Waals surface area contributed by atoms with Crippen molar-refractivity contribution in [2.24, 2.45) is 5.41 Å². The zero-order valence-corrected chi connectivity index (χ0v) is 14.3. The molecule has 132 valence electrons. The predicted molar refractivity (Wildman–Crippen MR) is 88.4 cm³/mol. The second-order valence-electron chi connectivity index (χ2n) is 6.72. The van der Waals surface area contributed by atoms with Gasteiger partial charge in [0, 0.05) is 44.6 Å². The Balaban J connectivity index is 1.64. The summed E-state index contributed by atoms with van der Waals surface area (Å²) in [6.07, 6.45) is 6.66. The maximum Gasteiger partial charge on any atom is 0.248 e. The highest BCUT2D eigenvalue weighted by atomic mass is 16.5. The summed E-state index contributed by atoms with van der Waals surface area (Å²) in [7, 11) is 1.56. The van der Waals surface area contributed by atoms with Gasteiger partial charge in [-0.2, -0.15) is 0 Å². The Morgan fingerprint density at radius 2 is 2.46 bits per heavy atom. The number of carbonyl (C=O) groups excluding carboxylic acids is 1. The normalized spacial score (nSPS) is 26.9. The monoisotopic (exact) mass is 334 g/mol. The van der Waals surface area contributed by atoms with Crippen LogP contribution in [0, 0.1) is 5.41 Å². The van der Waals surface area contributed by atoms with Gasteiger partial charge in [0.2, 0.25) is 5.91 Å². The van der Waals surface area contributed by atoms with Gasteiger partial charge in [0.05, 0.1) is 19.3 Å². The number of nitrogens with zero attached hydrogens (tertiary/aromatic N) is 2. The number of methoxy groups -OCH3 is 1. The molecular weight excluding hydrogens is 308 g/mol. The van der Waals surface area contributed by atoms with Crippen LogP contribution in [0.4, 0.5) is 0 Å². The zero-order chi connectivity index (χ0) is 16.8. The van der Waals surface area contributed by atoms with E-state index in [0.29, 0.717) is 19.8 Å². The molecule has 3 rings (SSSR count). The number of piperidine rings is 1. The van der Waals surface area contributed by atoms with E-state index in [2.05, 4.69) is 4.98 Å². The van der Waals surface area contributed by atoms with Crippen LogP contribution in [0.2, 0.25) is 0 Å². The molecule has 0 aliphatic carbocycles. The molecule has 2 atom stereocenters. The van der Waals surface area contributed by atoms with Crippen LogP contribution < -0.4 is 0 Å². The molecule has 1 aromatic heterocycles. The van der Waals surface area contributed by atoms with Crippen LogP contribution in [0.1, 0.15) is 24.8 Å². The number of rotatable bonds is 6. The summed E-state index contributed by atoms with van der Waals surface area (Å²) in [5, 5.41) is 0. The van der Waals surface area contributed by atoms with E-state index in [-0.39, 0.29) is 24.0 Å². The SMILES string of the molecule is COCC(=O)N1CC[C@@H]2OCCC[C@]2(COCc2cccnc2)C1. The molecule has 0 N–H and O–H groups in total. The van der Waals surface area contributed by atoms with Crippen LogP contribution >= 0.6 is 0 Å². The van der Waals surface area contributed by atoms with Crippen LogP contribution in [-0.4, -0.2) is 61.9 Å². The lowest BCUT2D eigenvalue weighted by molar-refractivity contribution is -0.167. The number of carbonyl (C=O) groups is 1. The molecule has 2 aliphatic rings. The molecule has 0 aromatic carbocycles. The van der Waals surface area contributed by atoms with Crippen LogP contribution in [-0.2, 0) is 25.6 Å². The van der Waals surface area contributed by atoms with Crippen molar-refractivity contribution in [3.63, 3.8) is 0 Å². The second kappa shape index (κ2) is 8.05. The Morgan fingerprint density at radius 1 is 1.54 bits per heavy atom. The molecule has 0 spiro atoms. The molecule has 0 bridgehead atoms. The van der Waals surface area contributed by atoms with Gasteiger partial charge >= 0.3 is 0 Å². The number of hydrogen-bond acceptors (Lipinski definition) is 5. The maximum atomic E-state index is 12.2. The number of amides is 1. The summed E-state index contributed by atoms with van der Waals surface area (Å²) in [5.74, 6) is 0.0492. The average Bonchev–Trinajstić information content (AvgIpc) is 2.62. The second-order valence-corrected chi connectivity index (χ2v) is 6.72. The molecular formula is C18H26N2O4. The third kappa shape index (κ3) is 3.94. The molecule has 2 fully saturated rings. The van der Waals surface area contributed by atoms with E-state index < -0.39 is 0 Å². The number of pyridine rings is 1. The first-order chi connectivity index (χ1) is 11.7. The number of ether oxygens (including phenoxy) is 3. The number of aromatic nitrogens is 1. The van der Waals surface area contributed by atoms with Gasteiger partial charge in [-0.15, -0.1) is 0 Å². The van der Waals surface area contributed by atoms with Crippen molar-refractivity contribution in [2.75, 3.05) is 40.0 Å². The highest BCUT2D eigenvalue weighted by Gasteiger charge is 2.47. The minimum absolute atomic E-state index is 0.0492. The van der Waals surface area contributed by atoms with E-state index in [1.807, 2.05) is 23.2 Å². The third-order valence-corrected chi connectivity index (χ3v) is 4.99. The summed E-state index contributed by atoms with van der Waals surface area (Å²) in [5.41, 5.74) is 0.951. The molecule has 2 aliphatic heterocycles. The van der Waals surface area contributed by atoms with Crippen molar-refractivity contribution in [2.45, 2.75) is 32.0 Å². The average molecular weight is 334 g/mol. The van der Waals surface area contributed by atoms with Crippen LogP contribution in [0.15, 0.2) is 24.5 Å². The smallest absolute Gasteiger partial charge is 0.248 e. The number of hydrogen-bond donors (Lipinski definition) is 0. The lowest BCUT2D eigenvalue weighted by Gasteiger charge is -2.50. The highest BCUT2D eigenvalue weighted by Crippen LogP contribution is 2.40. The minimum atomic E-state index is -0.109. The number of likely N-dealkylation sites (tertiary alicyclic amines) is 1. The summed E-state index contributed by atoms with van der Waals surface area (Å²) < 4.78 is 17.0. The molecule has 6 nitrogen and oxygen atoms in total. The summed E-state index contributed by atoms with van der Waals surface area (Å²) >= 11 is 0. The first kappa shape index (κ1) is 17.3. The maximum absolute atomic E-state index is 12.2. The van der Waals surface area contributed by atoms with Gasteiger partial charge in [-0.05, 0) is 30.9 Å². The van der Waals surface area contributed by atoms with Crippen molar-refractivity contribution in [1.82, 2.24) is 9.88 Å². The molecule has 0 saturated carbocycles. The highest BCUT2D eigenvalue weighted by molar-refractivity contribution is 5.77. The molecule has 6 heteroatoms. The molecule has 0 radical (unpaired) electrons. The van der Waals surface area contributed by atoms with Gasteiger partial charge in [0.1, 0.15) is 6.61 Å². The van der Waals surface area contributed by atoms with Crippen molar-refractivity contribution < 1.29 is 19.0 Å². The van der Waals surface area contributed by atoms with Crippen molar-refractivity contribution in [1.29, 1.82) is 0 Å². The Bertz CT molecular complexity index is 539. The van der Waals surface area contributed by atoms with E-state index in [1.165, 1.54) is 0 Å². The Morgan fingerprint density at radius 3 is 3.25 bits per heavy atom. The molecule has 1 aromatic rings. The van der Waals surface area contributed by atoms with Gasteiger partial charge in [0.15, 0.2) is 0 Å². The Labute approximate surface area is 143 Å². The van der Waals surface area contributed by atoms with Crippen molar-refractivity contribution in [3.05, 3.63) is 30.1 Å². The van der Waals surface area contributed by atoms with E-state index in [1.54, 1.807) is 13.3 Å². The van der Waals surface area contributed by atoms with Gasteiger partial charge in [-0.3, -0.25) is 9.78 Å². The first-order valence-electron chi connectivity index (χ1n) is 8.58. The fraction of sp³-hybridized carbons (Fsp3) is 0.667. The lowest BCUT2D eigenvalue weighted by Crippen LogP contribution is -2.58. The molecule has 3 heterocycles. The zero-order valence-electron chi connectivity index (χ0n) is 14.3. The molecule has 2 saturated heterocycles. The molecule has 1 amide bonds. The van der Waals surface area contributed by atoms with Gasteiger partial charge < -0.3 is 19.1 Å². The Hall–Kier alpha value is -1.50. The third-order valence-electron chi connectivity index (χ3n) is 4.99. The van der Waals surface area contributed by atoms with Crippen LogP contribution in [0.5, 0.6) is 0 Å². The van der Waals surface area contributed by atoms with E-state index in [4.69, 9.17) is 14.2 Å². The van der Waals surface area contributed by atoms with Crippen molar-refractivity contribution >= 4 is 5.91 Å². The van der Waals surface area contributed by atoms with E-state index in [0.717, 1.165) is 38.0 Å². The topological polar surface area (TPSA) is 60.9 Å². The van der Waals surface area contributed by atoms with Gasteiger partial charge in [-0.25, -0.2) is 0 Å². The fourth-order valence-corrected chi connectivity index (χ4v) is 3.78. The number of fused-ring (bicyclic) bond motifs is 1. The van der Waals surface area contributed by atoms with E-state index >= 15 is 0 Å². The summed E-state index contributed by atoms with van der Waals surface area (Å²) in [4.78, 5) is 18.2. The van der Waals surface area contributed by atoms with Crippen molar-refractivity contribution in [3.8, 4) is 0 Å². The quantitative estimate of drug-likeness (QED) is 0.791. The standard InChI is InChI=1S/C18H26N2O4/c1-22-12-17(21)20-8-5-16-18(13-20,6-3-9-24-16)14-23-11-15-4-2-7-19-10-15/h2,4,7,10,16H,3,5-6,8-9,11-14H2,1H3/t16-,18+/m0/s1. The predicted octanol–water partition coefficient (Wildman–Crippen LogP) is 1.64. The minimum Gasteiger partial charge on any atom is -0.377 e.